The van der Waals surface area contributed by atoms with Crippen LogP contribution in [0, 0.1) is 13.8 Å². The Kier molecular flexibility index (Phi) is 4.00. The molecule has 3 rings (SSSR count). The van der Waals surface area contributed by atoms with Gasteiger partial charge in [0.15, 0.2) is 5.13 Å². The molecule has 1 aromatic heterocycles. The van der Waals surface area contributed by atoms with Crippen LogP contribution in [-0.2, 0) is 4.79 Å². The summed E-state index contributed by atoms with van der Waals surface area (Å²) in [6.45, 7) is 8.15. The fraction of sp³-hybridized carbons (Fsp3) is 0.235. The molecule has 0 radical (unpaired) electrons. The monoisotopic (exact) mass is 327 g/mol. The van der Waals surface area contributed by atoms with Gasteiger partial charge in [-0.25, -0.2) is 4.98 Å². The highest BCUT2D eigenvalue weighted by molar-refractivity contribution is 7.15. The third kappa shape index (κ3) is 2.90. The topological polar surface area (TPSA) is 62.3 Å². The number of rotatable bonds is 4. The fourth-order valence-corrected chi connectivity index (χ4v) is 3.32. The highest BCUT2D eigenvalue weighted by atomic mass is 32.1. The molecule has 1 N–H and O–H groups in total. The zero-order valence-electron chi connectivity index (χ0n) is 13.0. The minimum atomic E-state index is -0.157. The van der Waals surface area contributed by atoms with Crippen LogP contribution in [0.5, 0.6) is 0 Å². The summed E-state index contributed by atoms with van der Waals surface area (Å²) in [5.41, 5.74) is 3.05. The van der Waals surface area contributed by atoms with E-state index in [4.69, 9.17) is 0 Å². The molecule has 5 nitrogen and oxygen atoms in total. The van der Waals surface area contributed by atoms with Gasteiger partial charge in [-0.05, 0) is 19.9 Å². The molecule has 6 heteroatoms. The highest BCUT2D eigenvalue weighted by Gasteiger charge is 2.30. The van der Waals surface area contributed by atoms with Crippen molar-refractivity contribution in [1.29, 1.82) is 0 Å². The number of thiazole rings is 1. The number of fused-ring (bicyclic) bond motifs is 1. The second-order valence-electron chi connectivity index (χ2n) is 5.41. The second kappa shape index (κ2) is 5.96. The number of aromatic nitrogens is 1. The van der Waals surface area contributed by atoms with Crippen molar-refractivity contribution in [3.05, 3.63) is 52.5 Å². The van der Waals surface area contributed by atoms with Crippen LogP contribution < -0.4 is 5.32 Å². The van der Waals surface area contributed by atoms with Crippen LogP contribution >= 0.6 is 11.3 Å². The molecule has 0 saturated heterocycles. The van der Waals surface area contributed by atoms with Crippen LogP contribution in [0.15, 0.2) is 30.8 Å². The Morgan fingerprint density at radius 1 is 1.30 bits per heavy atom. The number of carbonyl (C=O) groups excluding carboxylic acids is 2. The van der Waals surface area contributed by atoms with Gasteiger partial charge in [-0.1, -0.05) is 24.8 Å². The first-order valence-electron chi connectivity index (χ1n) is 7.31. The molecule has 1 aromatic carbocycles. The van der Waals surface area contributed by atoms with Crippen LogP contribution in [0.1, 0.15) is 32.9 Å². The summed E-state index contributed by atoms with van der Waals surface area (Å²) in [5, 5.41) is 3.38. The fourth-order valence-electron chi connectivity index (χ4n) is 2.49. The predicted molar refractivity (Wildman–Crippen MR) is 91.3 cm³/mol. The SMILES string of the molecule is C=C1c2ccccc2C(=O)N1CCC(=O)Nc1nc(C)c(C)s1. The standard InChI is InChI=1S/C17H17N3O2S/c1-10-12(3)23-17(18-10)19-15(21)8-9-20-11(2)13-6-4-5-7-14(13)16(20)22/h4-7H,2,8-9H2,1,3H3,(H,18,19,21). The molecular weight excluding hydrogens is 310 g/mol. The maximum atomic E-state index is 12.3. The van der Waals surface area contributed by atoms with Crippen molar-refractivity contribution in [2.45, 2.75) is 20.3 Å². The Balaban J connectivity index is 1.62. The summed E-state index contributed by atoms with van der Waals surface area (Å²) < 4.78 is 0. The maximum absolute atomic E-state index is 12.3. The molecule has 0 unspecified atom stereocenters. The normalized spacial score (nSPS) is 13.4. The number of aryl methyl sites for hydroxylation is 2. The third-order valence-corrected chi connectivity index (χ3v) is 4.86. The summed E-state index contributed by atoms with van der Waals surface area (Å²) in [4.78, 5) is 31.3. The minimum Gasteiger partial charge on any atom is -0.308 e. The van der Waals surface area contributed by atoms with Gasteiger partial charge >= 0.3 is 0 Å². The second-order valence-corrected chi connectivity index (χ2v) is 6.61. The molecule has 23 heavy (non-hydrogen) atoms. The average Bonchev–Trinajstić information content (AvgIpc) is 2.96. The number of hydrogen-bond donors (Lipinski definition) is 1. The lowest BCUT2D eigenvalue weighted by atomic mass is 10.1. The van der Waals surface area contributed by atoms with Crippen LogP contribution in [0.2, 0.25) is 0 Å². The summed E-state index contributed by atoms with van der Waals surface area (Å²) in [6.07, 6.45) is 0.205. The number of anilines is 1. The lowest BCUT2D eigenvalue weighted by Crippen LogP contribution is -2.27. The number of benzene rings is 1. The molecule has 2 amide bonds. The third-order valence-electron chi connectivity index (χ3n) is 3.88. The molecule has 0 bridgehead atoms. The Morgan fingerprint density at radius 2 is 2.00 bits per heavy atom. The molecule has 2 aromatic rings. The van der Waals surface area contributed by atoms with E-state index < -0.39 is 0 Å². The Hall–Kier alpha value is -2.47. The van der Waals surface area contributed by atoms with E-state index in [0.29, 0.717) is 22.9 Å². The van der Waals surface area contributed by atoms with Crippen molar-refractivity contribution in [3.63, 3.8) is 0 Å². The minimum absolute atomic E-state index is 0.0978. The molecule has 2 heterocycles. The van der Waals surface area contributed by atoms with E-state index in [1.54, 1.807) is 11.0 Å². The van der Waals surface area contributed by atoms with Crippen molar-refractivity contribution in [3.8, 4) is 0 Å². The van der Waals surface area contributed by atoms with Gasteiger partial charge in [-0.15, -0.1) is 11.3 Å². The number of carbonyl (C=O) groups is 2. The Labute approximate surface area is 138 Å². The quantitative estimate of drug-likeness (QED) is 0.938. The predicted octanol–water partition coefficient (Wildman–Crippen LogP) is 3.22. The smallest absolute Gasteiger partial charge is 0.258 e. The lowest BCUT2D eigenvalue weighted by Gasteiger charge is -2.16. The molecule has 0 aliphatic carbocycles. The average molecular weight is 327 g/mol. The first-order chi connectivity index (χ1) is 11.0. The first kappa shape index (κ1) is 15.4. The molecular formula is C17H17N3O2S. The van der Waals surface area contributed by atoms with Crippen LogP contribution in [0.3, 0.4) is 0 Å². The van der Waals surface area contributed by atoms with E-state index in [1.165, 1.54) is 11.3 Å². The summed E-state index contributed by atoms with van der Waals surface area (Å²) in [7, 11) is 0. The van der Waals surface area contributed by atoms with Gasteiger partial charge in [-0.3, -0.25) is 9.59 Å². The Bertz CT molecular complexity index is 755. The zero-order valence-corrected chi connectivity index (χ0v) is 13.9. The number of hydrogen-bond acceptors (Lipinski definition) is 4. The number of amides is 2. The van der Waals surface area contributed by atoms with E-state index in [9.17, 15) is 9.59 Å². The van der Waals surface area contributed by atoms with Crippen LogP contribution in [0.4, 0.5) is 5.13 Å². The van der Waals surface area contributed by atoms with Gasteiger partial charge in [0.05, 0.1) is 5.69 Å². The summed E-state index contributed by atoms with van der Waals surface area (Å²) in [6, 6.07) is 7.36. The maximum Gasteiger partial charge on any atom is 0.258 e. The molecule has 1 aliphatic rings. The molecule has 0 atom stereocenters. The highest BCUT2D eigenvalue weighted by Crippen LogP contribution is 2.31. The van der Waals surface area contributed by atoms with E-state index in [2.05, 4.69) is 16.9 Å². The Morgan fingerprint density at radius 3 is 2.61 bits per heavy atom. The molecule has 0 fully saturated rings. The first-order valence-corrected chi connectivity index (χ1v) is 8.13. The zero-order chi connectivity index (χ0) is 16.6. The van der Waals surface area contributed by atoms with E-state index >= 15 is 0 Å². The van der Waals surface area contributed by atoms with Crippen molar-refractivity contribution < 1.29 is 9.59 Å². The van der Waals surface area contributed by atoms with Crippen molar-refractivity contribution in [2.75, 3.05) is 11.9 Å². The summed E-state index contributed by atoms with van der Waals surface area (Å²) >= 11 is 1.45. The van der Waals surface area contributed by atoms with Gasteiger partial charge in [-0.2, -0.15) is 0 Å². The lowest BCUT2D eigenvalue weighted by molar-refractivity contribution is -0.116. The van der Waals surface area contributed by atoms with E-state index in [1.807, 2.05) is 32.0 Å². The molecule has 0 saturated carbocycles. The largest absolute Gasteiger partial charge is 0.308 e. The molecule has 0 spiro atoms. The van der Waals surface area contributed by atoms with Gasteiger partial charge < -0.3 is 10.2 Å². The van der Waals surface area contributed by atoms with Gasteiger partial charge in [0, 0.05) is 34.7 Å². The van der Waals surface area contributed by atoms with Crippen molar-refractivity contribution in [2.24, 2.45) is 0 Å². The number of nitrogens with one attached hydrogen (secondary N) is 1. The van der Waals surface area contributed by atoms with E-state index in [0.717, 1.165) is 16.1 Å². The van der Waals surface area contributed by atoms with Gasteiger partial charge in [0.1, 0.15) is 0 Å². The van der Waals surface area contributed by atoms with Crippen LogP contribution in [-0.4, -0.2) is 28.2 Å². The van der Waals surface area contributed by atoms with Crippen LogP contribution in [0.25, 0.3) is 5.70 Å². The van der Waals surface area contributed by atoms with E-state index in [-0.39, 0.29) is 18.2 Å². The number of nitrogens with zero attached hydrogens (tertiary/aromatic N) is 2. The summed E-state index contributed by atoms with van der Waals surface area (Å²) in [5.74, 6) is -0.255. The molecule has 1 aliphatic heterocycles. The van der Waals surface area contributed by atoms with Gasteiger partial charge in [0.25, 0.3) is 5.91 Å². The molecule has 118 valence electrons. The van der Waals surface area contributed by atoms with Gasteiger partial charge in [0.2, 0.25) is 5.91 Å². The van der Waals surface area contributed by atoms with Crippen molar-refractivity contribution >= 4 is 34.0 Å². The van der Waals surface area contributed by atoms with Crippen molar-refractivity contribution in [1.82, 2.24) is 9.88 Å².